The van der Waals surface area contributed by atoms with E-state index < -0.39 is 0 Å². The second kappa shape index (κ2) is 7.55. The zero-order valence-corrected chi connectivity index (χ0v) is 12.3. The molecule has 1 N–H and O–H groups in total. The number of aliphatic hydroxyl groups excluding tert-OH is 1. The van der Waals surface area contributed by atoms with E-state index in [2.05, 4.69) is 11.8 Å². The summed E-state index contributed by atoms with van der Waals surface area (Å²) in [6.07, 6.45) is 5.47. The van der Waals surface area contributed by atoms with Gasteiger partial charge in [0, 0.05) is 11.6 Å². The summed E-state index contributed by atoms with van der Waals surface area (Å²) in [5.74, 6) is 0.160. The van der Waals surface area contributed by atoms with Gasteiger partial charge in [-0.2, -0.15) is 0 Å². The maximum atomic E-state index is 12.4. The van der Waals surface area contributed by atoms with Crippen LogP contribution in [0.5, 0.6) is 0 Å². The van der Waals surface area contributed by atoms with Gasteiger partial charge in [-0.1, -0.05) is 44.0 Å². The van der Waals surface area contributed by atoms with Crippen LogP contribution in [0.15, 0.2) is 24.3 Å². The number of nitrogens with zero attached hydrogens (tertiary/aromatic N) is 1. The lowest BCUT2D eigenvalue weighted by atomic mass is 10.1. The Morgan fingerprint density at radius 2 is 2.00 bits per heavy atom. The number of aliphatic hydroxyl groups is 1. The molecule has 1 unspecified atom stereocenters. The molecule has 1 aliphatic rings. The minimum atomic E-state index is 0.149. The number of carbonyl (C=O) groups excluding carboxylic acids is 1. The summed E-state index contributed by atoms with van der Waals surface area (Å²) in [6.45, 7) is 3.61. The largest absolute Gasteiger partial charge is 0.395 e. The van der Waals surface area contributed by atoms with Gasteiger partial charge in [0.1, 0.15) is 0 Å². The molecule has 3 nitrogen and oxygen atoms in total. The molecular weight excluding hydrogens is 250 g/mol. The van der Waals surface area contributed by atoms with Crippen molar-refractivity contribution in [1.82, 2.24) is 4.90 Å². The van der Waals surface area contributed by atoms with Crippen molar-refractivity contribution in [1.29, 1.82) is 0 Å². The quantitative estimate of drug-likeness (QED) is 0.840. The van der Waals surface area contributed by atoms with E-state index in [-0.39, 0.29) is 18.4 Å². The van der Waals surface area contributed by atoms with E-state index in [9.17, 15) is 9.90 Å². The Hall–Kier alpha value is -1.19. The summed E-state index contributed by atoms with van der Waals surface area (Å²) in [4.78, 5) is 14.5. The van der Waals surface area contributed by atoms with E-state index in [0.29, 0.717) is 6.54 Å². The molecule has 1 aliphatic heterocycles. The summed E-state index contributed by atoms with van der Waals surface area (Å²) in [6, 6.07) is 8.05. The van der Waals surface area contributed by atoms with Gasteiger partial charge in [0.05, 0.1) is 13.2 Å². The van der Waals surface area contributed by atoms with E-state index in [0.717, 1.165) is 37.8 Å². The van der Waals surface area contributed by atoms with E-state index in [1.54, 1.807) is 0 Å². The zero-order chi connectivity index (χ0) is 14.4. The molecule has 1 heterocycles. The third-order valence-electron chi connectivity index (χ3n) is 4.24. The van der Waals surface area contributed by atoms with Crippen molar-refractivity contribution in [2.75, 3.05) is 19.7 Å². The fourth-order valence-corrected chi connectivity index (χ4v) is 2.85. The average molecular weight is 275 g/mol. The Balaban J connectivity index is 2.00. The highest BCUT2D eigenvalue weighted by Crippen LogP contribution is 2.17. The number of ketones is 1. The molecule has 0 bridgehead atoms. The fraction of sp³-hybridized carbons (Fsp3) is 0.588. The van der Waals surface area contributed by atoms with Gasteiger partial charge in [0.2, 0.25) is 0 Å². The summed E-state index contributed by atoms with van der Waals surface area (Å²) < 4.78 is 0. The second-order valence-corrected chi connectivity index (χ2v) is 5.63. The topological polar surface area (TPSA) is 40.5 Å². The number of Topliss-reactive ketones (excluding diaryl/α,β-unsaturated/α-hetero) is 1. The number of hydrogen-bond acceptors (Lipinski definition) is 3. The minimum absolute atomic E-state index is 0.149. The van der Waals surface area contributed by atoms with Gasteiger partial charge < -0.3 is 5.11 Å². The average Bonchev–Trinajstić information content (AvgIpc) is 2.72. The predicted molar refractivity (Wildman–Crippen MR) is 81.1 cm³/mol. The number of likely N-dealkylation sites (tertiary alicyclic amines) is 1. The van der Waals surface area contributed by atoms with Crippen molar-refractivity contribution in [2.45, 2.75) is 45.1 Å². The molecule has 1 aromatic rings. The lowest BCUT2D eigenvalue weighted by Gasteiger charge is -2.27. The van der Waals surface area contributed by atoms with Crippen LogP contribution in [-0.4, -0.2) is 41.5 Å². The molecule has 0 saturated carbocycles. The standard InChI is InChI=1S/C17H25NO2/c1-2-14-7-9-15(10-8-14)17(20)12-18-11-5-3-4-6-16(18)13-19/h7-10,16,19H,2-6,11-13H2,1H3. The first-order valence-electron chi connectivity index (χ1n) is 7.71. The van der Waals surface area contributed by atoms with Crippen LogP contribution >= 0.6 is 0 Å². The highest BCUT2D eigenvalue weighted by atomic mass is 16.3. The van der Waals surface area contributed by atoms with Crippen LogP contribution in [0.3, 0.4) is 0 Å². The molecule has 2 rings (SSSR count). The smallest absolute Gasteiger partial charge is 0.176 e. The minimum Gasteiger partial charge on any atom is -0.395 e. The first-order chi connectivity index (χ1) is 9.74. The van der Waals surface area contributed by atoms with Gasteiger partial charge in [-0.15, -0.1) is 0 Å². The van der Waals surface area contributed by atoms with Crippen molar-refractivity contribution >= 4 is 5.78 Å². The fourth-order valence-electron chi connectivity index (χ4n) is 2.85. The van der Waals surface area contributed by atoms with Gasteiger partial charge in [-0.3, -0.25) is 9.69 Å². The maximum absolute atomic E-state index is 12.4. The van der Waals surface area contributed by atoms with Crippen LogP contribution in [-0.2, 0) is 6.42 Å². The summed E-state index contributed by atoms with van der Waals surface area (Å²) in [7, 11) is 0. The van der Waals surface area contributed by atoms with Crippen molar-refractivity contribution < 1.29 is 9.90 Å². The van der Waals surface area contributed by atoms with Gasteiger partial charge >= 0.3 is 0 Å². The number of rotatable bonds is 5. The van der Waals surface area contributed by atoms with Crippen molar-refractivity contribution in [3.63, 3.8) is 0 Å². The molecule has 1 saturated heterocycles. The SMILES string of the molecule is CCc1ccc(C(=O)CN2CCCCCC2CO)cc1. The number of aryl methyl sites for hydroxylation is 1. The number of hydrogen-bond donors (Lipinski definition) is 1. The monoisotopic (exact) mass is 275 g/mol. The lowest BCUT2D eigenvalue weighted by Crippen LogP contribution is -2.40. The van der Waals surface area contributed by atoms with Crippen LogP contribution < -0.4 is 0 Å². The molecule has 20 heavy (non-hydrogen) atoms. The summed E-state index contributed by atoms with van der Waals surface area (Å²) >= 11 is 0. The first kappa shape index (κ1) is 15.2. The van der Waals surface area contributed by atoms with Crippen LogP contribution in [0.25, 0.3) is 0 Å². The molecule has 0 amide bonds. The van der Waals surface area contributed by atoms with Gasteiger partial charge in [-0.25, -0.2) is 0 Å². The third-order valence-corrected chi connectivity index (χ3v) is 4.24. The summed E-state index contributed by atoms with van der Waals surface area (Å²) in [5.41, 5.74) is 2.03. The second-order valence-electron chi connectivity index (χ2n) is 5.63. The highest BCUT2D eigenvalue weighted by molar-refractivity contribution is 5.97. The van der Waals surface area contributed by atoms with Crippen LogP contribution in [0, 0.1) is 0 Å². The van der Waals surface area contributed by atoms with Crippen LogP contribution in [0.2, 0.25) is 0 Å². The molecule has 0 spiro atoms. The Morgan fingerprint density at radius 3 is 2.65 bits per heavy atom. The molecule has 110 valence electrons. The Morgan fingerprint density at radius 1 is 1.25 bits per heavy atom. The van der Waals surface area contributed by atoms with Crippen LogP contribution in [0.4, 0.5) is 0 Å². The third kappa shape index (κ3) is 3.90. The highest BCUT2D eigenvalue weighted by Gasteiger charge is 2.22. The van der Waals surface area contributed by atoms with E-state index in [1.807, 2.05) is 24.3 Å². The molecule has 3 heteroatoms. The summed E-state index contributed by atoms with van der Waals surface area (Å²) in [5, 5.41) is 9.49. The van der Waals surface area contributed by atoms with E-state index in [1.165, 1.54) is 12.0 Å². The van der Waals surface area contributed by atoms with Gasteiger partial charge in [0.15, 0.2) is 5.78 Å². The zero-order valence-electron chi connectivity index (χ0n) is 12.3. The number of carbonyl (C=O) groups is 1. The molecule has 1 atom stereocenters. The molecule has 0 aliphatic carbocycles. The van der Waals surface area contributed by atoms with Crippen LogP contribution in [0.1, 0.15) is 48.5 Å². The van der Waals surface area contributed by atoms with Gasteiger partial charge in [0.25, 0.3) is 0 Å². The van der Waals surface area contributed by atoms with E-state index in [4.69, 9.17) is 0 Å². The molecule has 1 aromatic carbocycles. The maximum Gasteiger partial charge on any atom is 0.176 e. The Bertz CT molecular complexity index is 427. The number of benzene rings is 1. The lowest BCUT2D eigenvalue weighted by molar-refractivity contribution is 0.0826. The van der Waals surface area contributed by atoms with Crippen molar-refractivity contribution in [2.24, 2.45) is 0 Å². The molecule has 0 aromatic heterocycles. The molecule has 1 fully saturated rings. The van der Waals surface area contributed by atoms with Crippen molar-refractivity contribution in [3.8, 4) is 0 Å². The Kier molecular flexibility index (Phi) is 5.74. The first-order valence-corrected chi connectivity index (χ1v) is 7.71. The predicted octanol–water partition coefficient (Wildman–Crippen LogP) is 2.67. The molecular formula is C17H25NO2. The Labute approximate surface area is 121 Å². The van der Waals surface area contributed by atoms with Crippen molar-refractivity contribution in [3.05, 3.63) is 35.4 Å². The normalized spacial score (nSPS) is 20.6. The molecule has 0 radical (unpaired) electrons. The van der Waals surface area contributed by atoms with Gasteiger partial charge in [-0.05, 0) is 31.4 Å². The van der Waals surface area contributed by atoms with E-state index >= 15 is 0 Å².